The number of benzene rings is 1. The molecule has 0 atom stereocenters. The molecule has 1 fully saturated rings. The molecular weight excluding hydrogens is 344 g/mol. The minimum Gasteiger partial charge on any atom is -0.378 e. The number of pyridine rings is 1. The lowest BCUT2D eigenvalue weighted by atomic mass is 10.2. The highest BCUT2D eigenvalue weighted by atomic mass is 16.5. The molecule has 1 saturated heterocycles. The van der Waals surface area contributed by atoms with E-state index in [4.69, 9.17) is 4.74 Å². The highest BCUT2D eigenvalue weighted by molar-refractivity contribution is 6.02. The first-order valence-electron chi connectivity index (χ1n) is 8.90. The van der Waals surface area contributed by atoms with Gasteiger partial charge >= 0.3 is 0 Å². The van der Waals surface area contributed by atoms with E-state index < -0.39 is 0 Å². The van der Waals surface area contributed by atoms with Crippen LogP contribution in [0.4, 0.5) is 0 Å². The third-order valence-corrected chi connectivity index (χ3v) is 4.55. The van der Waals surface area contributed by atoms with Gasteiger partial charge in [-0.05, 0) is 17.7 Å². The van der Waals surface area contributed by atoms with Crippen molar-refractivity contribution in [3.63, 3.8) is 0 Å². The second-order valence-corrected chi connectivity index (χ2v) is 6.31. The van der Waals surface area contributed by atoms with Gasteiger partial charge in [-0.2, -0.15) is 0 Å². The molecule has 1 aromatic carbocycles. The first kappa shape index (κ1) is 17.2. The lowest BCUT2D eigenvalue weighted by Crippen LogP contribution is -2.41. The number of aromatic nitrogens is 2. The number of rotatable bonds is 4. The molecule has 1 N–H and O–H groups in total. The fourth-order valence-corrected chi connectivity index (χ4v) is 3.13. The maximum absolute atomic E-state index is 12.9. The first-order valence-corrected chi connectivity index (χ1v) is 8.90. The third-order valence-electron chi connectivity index (χ3n) is 4.55. The van der Waals surface area contributed by atoms with Crippen molar-refractivity contribution in [1.29, 1.82) is 0 Å². The zero-order valence-electron chi connectivity index (χ0n) is 14.8. The van der Waals surface area contributed by atoms with Gasteiger partial charge in [-0.3, -0.25) is 14.0 Å². The average Bonchev–Trinajstić information content (AvgIpc) is 3.13. The highest BCUT2D eigenvalue weighted by Gasteiger charge is 2.26. The molecule has 3 heterocycles. The molecule has 0 saturated carbocycles. The van der Waals surface area contributed by atoms with Gasteiger partial charge in [-0.25, -0.2) is 4.98 Å². The molecule has 0 bridgehead atoms. The number of nitrogens with one attached hydrogen (secondary N) is 1. The average molecular weight is 364 g/mol. The van der Waals surface area contributed by atoms with Gasteiger partial charge in [0.25, 0.3) is 11.8 Å². The summed E-state index contributed by atoms with van der Waals surface area (Å²) in [6, 6.07) is 15.1. The molecule has 4 rings (SSSR count). The molecule has 138 valence electrons. The summed E-state index contributed by atoms with van der Waals surface area (Å²) in [6.07, 6.45) is 1.75. The van der Waals surface area contributed by atoms with E-state index in [1.54, 1.807) is 21.6 Å². The number of amides is 2. The van der Waals surface area contributed by atoms with Gasteiger partial charge in [0.15, 0.2) is 5.69 Å². The van der Waals surface area contributed by atoms with Crippen LogP contribution in [-0.2, 0) is 11.3 Å². The van der Waals surface area contributed by atoms with Crippen molar-refractivity contribution in [2.75, 3.05) is 26.3 Å². The topological polar surface area (TPSA) is 75.9 Å². The number of carbonyl (C=O) groups is 2. The quantitative estimate of drug-likeness (QED) is 0.765. The Balaban J connectivity index is 1.61. The second kappa shape index (κ2) is 7.59. The van der Waals surface area contributed by atoms with Gasteiger partial charge in [0.05, 0.1) is 18.7 Å². The van der Waals surface area contributed by atoms with Crippen LogP contribution in [0.15, 0.2) is 54.7 Å². The Hall–Kier alpha value is -3.19. The monoisotopic (exact) mass is 364 g/mol. The lowest BCUT2D eigenvalue weighted by Gasteiger charge is -2.26. The van der Waals surface area contributed by atoms with Crippen molar-refractivity contribution in [3.05, 3.63) is 71.8 Å². The minimum absolute atomic E-state index is 0.177. The van der Waals surface area contributed by atoms with E-state index in [9.17, 15) is 9.59 Å². The minimum atomic E-state index is -0.318. The highest BCUT2D eigenvalue weighted by Crippen LogP contribution is 2.16. The van der Waals surface area contributed by atoms with E-state index >= 15 is 0 Å². The summed E-state index contributed by atoms with van der Waals surface area (Å²) in [7, 11) is 0. The van der Waals surface area contributed by atoms with Gasteiger partial charge < -0.3 is 15.0 Å². The van der Waals surface area contributed by atoms with Crippen LogP contribution in [0.25, 0.3) is 5.52 Å². The maximum Gasteiger partial charge on any atom is 0.287 e. The summed E-state index contributed by atoms with van der Waals surface area (Å²) < 4.78 is 6.97. The second-order valence-electron chi connectivity index (χ2n) is 6.31. The molecule has 0 unspecified atom stereocenters. The van der Waals surface area contributed by atoms with Gasteiger partial charge in [0, 0.05) is 25.8 Å². The van der Waals surface area contributed by atoms with Crippen LogP contribution in [0.5, 0.6) is 0 Å². The fourth-order valence-electron chi connectivity index (χ4n) is 3.13. The predicted octanol–water partition coefficient (Wildman–Crippen LogP) is 1.74. The molecule has 0 spiro atoms. The summed E-state index contributed by atoms with van der Waals surface area (Å²) in [5.41, 5.74) is 1.91. The van der Waals surface area contributed by atoms with Crippen LogP contribution < -0.4 is 5.32 Å². The Morgan fingerprint density at radius 1 is 1.04 bits per heavy atom. The van der Waals surface area contributed by atoms with Crippen molar-refractivity contribution in [3.8, 4) is 0 Å². The molecule has 27 heavy (non-hydrogen) atoms. The number of fused-ring (bicyclic) bond motifs is 1. The lowest BCUT2D eigenvalue weighted by molar-refractivity contribution is 0.0300. The van der Waals surface area contributed by atoms with Gasteiger partial charge in [0.1, 0.15) is 0 Å². The standard InChI is InChI=1S/C20H20N4O3/c25-19(21-14-15-6-2-1-3-7-15)18-22-17(16-8-4-5-9-24(16)18)20(26)23-10-12-27-13-11-23/h1-9H,10-14H2,(H,21,25). The van der Waals surface area contributed by atoms with Crippen LogP contribution in [0.2, 0.25) is 0 Å². The summed E-state index contributed by atoms with van der Waals surface area (Å²) in [6.45, 7) is 2.48. The molecule has 2 aromatic heterocycles. The van der Waals surface area contributed by atoms with Crippen molar-refractivity contribution in [1.82, 2.24) is 19.6 Å². The molecule has 2 amide bonds. The zero-order valence-corrected chi connectivity index (χ0v) is 14.8. The van der Waals surface area contributed by atoms with E-state index in [-0.39, 0.29) is 17.6 Å². The fraction of sp³-hybridized carbons (Fsp3) is 0.250. The predicted molar refractivity (Wildman–Crippen MR) is 99.5 cm³/mol. The van der Waals surface area contributed by atoms with Crippen molar-refractivity contribution in [2.24, 2.45) is 0 Å². The number of hydrogen-bond acceptors (Lipinski definition) is 4. The maximum atomic E-state index is 12.9. The Bertz CT molecular complexity index is 962. The molecule has 7 nitrogen and oxygen atoms in total. The molecule has 0 aliphatic carbocycles. The smallest absolute Gasteiger partial charge is 0.287 e. The molecule has 1 aliphatic heterocycles. The van der Waals surface area contributed by atoms with Gasteiger partial charge in [0.2, 0.25) is 5.82 Å². The number of morpholine rings is 1. The first-order chi connectivity index (χ1) is 13.2. The van der Waals surface area contributed by atoms with Crippen LogP contribution in [-0.4, -0.2) is 52.4 Å². The zero-order chi connectivity index (χ0) is 18.6. The van der Waals surface area contributed by atoms with E-state index in [1.165, 1.54) is 0 Å². The van der Waals surface area contributed by atoms with Crippen LogP contribution in [0.1, 0.15) is 26.7 Å². The number of ether oxygens (including phenoxy) is 1. The molecule has 3 aromatic rings. The van der Waals surface area contributed by atoms with E-state index in [1.807, 2.05) is 42.5 Å². The summed E-state index contributed by atoms with van der Waals surface area (Å²) in [5.74, 6) is -0.289. The number of nitrogens with zero attached hydrogens (tertiary/aromatic N) is 3. The van der Waals surface area contributed by atoms with Crippen molar-refractivity contribution in [2.45, 2.75) is 6.54 Å². The summed E-state index contributed by atoms with van der Waals surface area (Å²) in [4.78, 5) is 31.7. The van der Waals surface area contributed by atoms with Gasteiger partial charge in [-0.15, -0.1) is 0 Å². The SMILES string of the molecule is O=C(NCc1ccccc1)c1nc(C(=O)N2CCOCC2)c2ccccn12. The molecule has 1 aliphatic rings. The van der Waals surface area contributed by atoms with Crippen LogP contribution in [0, 0.1) is 0 Å². The number of hydrogen-bond donors (Lipinski definition) is 1. The van der Waals surface area contributed by atoms with Crippen molar-refractivity contribution < 1.29 is 14.3 Å². The number of imidazole rings is 1. The number of carbonyl (C=O) groups excluding carboxylic acids is 2. The molecule has 0 radical (unpaired) electrons. The summed E-state index contributed by atoms with van der Waals surface area (Å²) in [5, 5.41) is 2.87. The van der Waals surface area contributed by atoms with Gasteiger partial charge in [-0.1, -0.05) is 36.4 Å². The Labute approximate surface area is 156 Å². The van der Waals surface area contributed by atoms with Crippen LogP contribution >= 0.6 is 0 Å². The van der Waals surface area contributed by atoms with E-state index in [0.717, 1.165) is 5.56 Å². The van der Waals surface area contributed by atoms with Crippen molar-refractivity contribution >= 4 is 17.3 Å². The van der Waals surface area contributed by atoms with Crippen LogP contribution in [0.3, 0.4) is 0 Å². The molecule has 7 heteroatoms. The van der Waals surface area contributed by atoms with E-state index in [0.29, 0.717) is 44.1 Å². The summed E-state index contributed by atoms with van der Waals surface area (Å²) >= 11 is 0. The Kier molecular flexibility index (Phi) is 4.84. The Morgan fingerprint density at radius 3 is 2.56 bits per heavy atom. The third kappa shape index (κ3) is 3.54. The molecular formula is C20H20N4O3. The van der Waals surface area contributed by atoms with E-state index in [2.05, 4.69) is 10.3 Å². The Morgan fingerprint density at radius 2 is 1.78 bits per heavy atom. The normalized spacial score (nSPS) is 14.3. The largest absolute Gasteiger partial charge is 0.378 e.